The van der Waals surface area contributed by atoms with Crippen LogP contribution in [0.1, 0.15) is 20.3 Å². The third-order valence-electron chi connectivity index (χ3n) is 3.99. The minimum Gasteiger partial charge on any atom is -0.477 e. The van der Waals surface area contributed by atoms with Crippen molar-refractivity contribution in [3.63, 3.8) is 0 Å². The van der Waals surface area contributed by atoms with Gasteiger partial charge in [0.05, 0.1) is 24.7 Å². The molecule has 0 saturated carbocycles. The number of aliphatic hydroxyl groups excluding tert-OH is 4. The van der Waals surface area contributed by atoms with E-state index >= 15 is 0 Å². The normalized spacial score (nSPS) is 37.0. The smallest absolute Gasteiger partial charge is 0.364 e. The van der Waals surface area contributed by atoms with Gasteiger partial charge < -0.3 is 40.7 Å². The van der Waals surface area contributed by atoms with Gasteiger partial charge in [0, 0.05) is 6.92 Å². The van der Waals surface area contributed by atoms with Gasteiger partial charge in [-0.15, -0.1) is 0 Å². The van der Waals surface area contributed by atoms with Crippen LogP contribution in [0.4, 0.5) is 0 Å². The molecular weight excluding hydrogens is 314 g/mol. The van der Waals surface area contributed by atoms with Gasteiger partial charge in [-0.2, -0.15) is 0 Å². The summed E-state index contributed by atoms with van der Waals surface area (Å²) in [5.74, 6) is -6.47. The lowest BCUT2D eigenvalue weighted by atomic mass is 9.79. The molecule has 23 heavy (non-hydrogen) atoms. The van der Waals surface area contributed by atoms with E-state index in [0.717, 1.165) is 6.92 Å². The number of hydrogen-bond acceptors (Lipinski definition) is 8. The van der Waals surface area contributed by atoms with Crippen LogP contribution >= 0.6 is 0 Å². The van der Waals surface area contributed by atoms with Crippen LogP contribution in [-0.2, 0) is 14.3 Å². The summed E-state index contributed by atoms with van der Waals surface area (Å²) < 4.78 is 5.07. The Labute approximate surface area is 132 Å². The molecule has 2 unspecified atom stereocenters. The van der Waals surface area contributed by atoms with Crippen molar-refractivity contribution in [3.8, 4) is 0 Å². The Morgan fingerprint density at radius 1 is 1.35 bits per heavy atom. The van der Waals surface area contributed by atoms with Crippen molar-refractivity contribution in [3.05, 3.63) is 0 Å². The first-order valence-electron chi connectivity index (χ1n) is 7.15. The number of carboxylic acids is 1. The van der Waals surface area contributed by atoms with Gasteiger partial charge >= 0.3 is 5.97 Å². The molecule has 0 aromatic heterocycles. The van der Waals surface area contributed by atoms with E-state index in [1.165, 1.54) is 6.92 Å². The largest absolute Gasteiger partial charge is 0.477 e. The Balaban J connectivity index is 3.26. The number of nitrogens with one attached hydrogen (secondary N) is 1. The Morgan fingerprint density at radius 2 is 1.91 bits per heavy atom. The van der Waals surface area contributed by atoms with Crippen LogP contribution in [0.3, 0.4) is 0 Å². The van der Waals surface area contributed by atoms with Crippen LogP contribution < -0.4 is 5.32 Å². The topological polar surface area (TPSA) is 177 Å². The highest BCUT2D eigenvalue weighted by atomic mass is 16.7. The van der Waals surface area contributed by atoms with Gasteiger partial charge in [0.1, 0.15) is 18.3 Å². The van der Waals surface area contributed by atoms with Crippen molar-refractivity contribution in [2.75, 3.05) is 6.61 Å². The molecule has 1 aliphatic heterocycles. The molecule has 1 heterocycles. The maximum Gasteiger partial charge on any atom is 0.364 e. The van der Waals surface area contributed by atoms with Crippen LogP contribution in [0, 0.1) is 5.92 Å². The van der Waals surface area contributed by atoms with E-state index in [1.807, 2.05) is 0 Å². The maximum atomic E-state index is 11.4. The van der Waals surface area contributed by atoms with E-state index in [-0.39, 0.29) is 6.42 Å². The van der Waals surface area contributed by atoms with Crippen LogP contribution in [0.5, 0.6) is 0 Å². The van der Waals surface area contributed by atoms with E-state index in [0.29, 0.717) is 0 Å². The number of amides is 1. The molecule has 0 bridgehead atoms. The highest BCUT2D eigenvalue weighted by Crippen LogP contribution is 2.37. The Hall–Kier alpha value is -1.30. The number of carboxylic acid groups (broad SMARTS) is 1. The molecule has 134 valence electrons. The fraction of sp³-hybridized carbons (Fsp3) is 0.846. The first kappa shape index (κ1) is 19.7. The third-order valence-corrected chi connectivity index (χ3v) is 3.99. The molecule has 7 N–H and O–H groups in total. The number of carbonyl (C=O) groups is 2. The second kappa shape index (κ2) is 7.51. The predicted octanol–water partition coefficient (Wildman–Crippen LogP) is -3.24. The summed E-state index contributed by atoms with van der Waals surface area (Å²) in [6.45, 7) is 1.78. The molecule has 1 fully saturated rings. The summed E-state index contributed by atoms with van der Waals surface area (Å²) in [5, 5.41) is 60.6. The quantitative estimate of drug-likeness (QED) is 0.262. The standard InChI is InChI=1S/C13H23NO9/c1-3-6-9(18)8(14-5(2)16)11(10(19)7(17)4-15)23-13(6,22)12(20)21/h6-11,15,17-19,22H,3-4H2,1-2H3,(H,14,16)(H,20,21)/t6?,7-,8-,9+,10-,11-,13?/m1/s1. The second-order valence-corrected chi connectivity index (χ2v) is 5.56. The van der Waals surface area contributed by atoms with Gasteiger partial charge in [-0.1, -0.05) is 6.92 Å². The first-order valence-corrected chi connectivity index (χ1v) is 7.15. The first-order chi connectivity index (χ1) is 10.6. The fourth-order valence-corrected chi connectivity index (χ4v) is 2.78. The van der Waals surface area contributed by atoms with Gasteiger partial charge in [0.2, 0.25) is 5.91 Å². The fourth-order valence-electron chi connectivity index (χ4n) is 2.78. The summed E-state index contributed by atoms with van der Waals surface area (Å²) in [4.78, 5) is 22.7. The van der Waals surface area contributed by atoms with Gasteiger partial charge in [-0.05, 0) is 6.42 Å². The Bertz CT molecular complexity index is 445. The molecule has 0 aliphatic carbocycles. The van der Waals surface area contributed by atoms with Crippen LogP contribution in [0.15, 0.2) is 0 Å². The zero-order chi connectivity index (χ0) is 17.9. The third kappa shape index (κ3) is 3.79. The summed E-state index contributed by atoms with van der Waals surface area (Å²) in [7, 11) is 0. The molecule has 10 heteroatoms. The molecule has 0 radical (unpaired) electrons. The number of hydrogen-bond donors (Lipinski definition) is 7. The summed E-state index contributed by atoms with van der Waals surface area (Å²) in [6.07, 6.45) is -6.79. The zero-order valence-electron chi connectivity index (χ0n) is 12.8. The summed E-state index contributed by atoms with van der Waals surface area (Å²) in [6, 6.07) is -1.28. The van der Waals surface area contributed by atoms with Crippen molar-refractivity contribution in [2.45, 2.75) is 56.5 Å². The SMILES string of the molecule is CCC1[C@H](O)[C@@H](NC(C)=O)[C@H]([C@H](O)[C@H](O)CO)OC1(O)C(=O)O. The molecule has 10 nitrogen and oxygen atoms in total. The molecule has 1 saturated heterocycles. The lowest BCUT2D eigenvalue weighted by Crippen LogP contribution is -2.71. The van der Waals surface area contributed by atoms with Gasteiger partial charge in [0.15, 0.2) is 0 Å². The summed E-state index contributed by atoms with van der Waals surface area (Å²) >= 11 is 0. The molecule has 0 aromatic carbocycles. The van der Waals surface area contributed by atoms with E-state index in [1.54, 1.807) is 0 Å². The number of carbonyl (C=O) groups excluding carboxylic acids is 1. The van der Waals surface area contributed by atoms with Crippen LogP contribution in [0.25, 0.3) is 0 Å². The number of ether oxygens (including phenoxy) is 1. The van der Waals surface area contributed by atoms with E-state index in [9.17, 15) is 35.1 Å². The van der Waals surface area contributed by atoms with Crippen LogP contribution in [0.2, 0.25) is 0 Å². The van der Waals surface area contributed by atoms with Crippen molar-refractivity contribution in [1.82, 2.24) is 5.32 Å². The van der Waals surface area contributed by atoms with E-state index < -0.39 is 60.6 Å². The minimum absolute atomic E-state index is 0.00538. The number of rotatable bonds is 6. The second-order valence-electron chi connectivity index (χ2n) is 5.56. The maximum absolute atomic E-state index is 11.4. The summed E-state index contributed by atoms with van der Waals surface area (Å²) in [5.41, 5.74) is 0. The average Bonchev–Trinajstić information content (AvgIpc) is 2.48. The van der Waals surface area contributed by atoms with Crippen molar-refractivity contribution < 1.29 is 45.0 Å². The molecule has 1 amide bonds. The van der Waals surface area contributed by atoms with Crippen LogP contribution in [-0.4, -0.2) is 85.4 Å². The molecule has 0 aromatic rings. The van der Waals surface area contributed by atoms with Gasteiger partial charge in [-0.3, -0.25) is 4.79 Å². The number of aliphatic carboxylic acids is 1. The monoisotopic (exact) mass is 337 g/mol. The minimum atomic E-state index is -2.82. The Kier molecular flexibility index (Phi) is 6.45. The van der Waals surface area contributed by atoms with Crippen molar-refractivity contribution >= 4 is 11.9 Å². The van der Waals surface area contributed by atoms with Crippen molar-refractivity contribution in [1.29, 1.82) is 0 Å². The van der Waals surface area contributed by atoms with E-state index in [4.69, 9.17) is 9.84 Å². The van der Waals surface area contributed by atoms with Crippen molar-refractivity contribution in [2.24, 2.45) is 5.92 Å². The molecule has 7 atom stereocenters. The molecular formula is C13H23NO9. The molecule has 0 spiro atoms. The predicted molar refractivity (Wildman–Crippen MR) is 74.0 cm³/mol. The lowest BCUT2D eigenvalue weighted by molar-refractivity contribution is -0.320. The number of aliphatic hydroxyl groups is 5. The highest BCUT2D eigenvalue weighted by molar-refractivity contribution is 5.76. The van der Waals surface area contributed by atoms with Gasteiger partial charge in [-0.25, -0.2) is 4.79 Å². The zero-order valence-corrected chi connectivity index (χ0v) is 12.8. The molecule has 1 rings (SSSR count). The highest BCUT2D eigenvalue weighted by Gasteiger charge is 2.59. The van der Waals surface area contributed by atoms with E-state index in [2.05, 4.69) is 5.32 Å². The molecule has 1 aliphatic rings. The Morgan fingerprint density at radius 3 is 2.30 bits per heavy atom. The lowest BCUT2D eigenvalue weighted by Gasteiger charge is -2.49. The van der Waals surface area contributed by atoms with Gasteiger partial charge in [0.25, 0.3) is 5.79 Å². The average molecular weight is 337 g/mol.